The number of rotatable bonds is 9. The zero-order valence-electron chi connectivity index (χ0n) is 13.6. The Balaban J connectivity index is 6.85. The van der Waals surface area contributed by atoms with Crippen LogP contribution in [0.5, 0.6) is 0 Å². The Kier molecular flexibility index (Phi) is 7.15. The van der Waals surface area contributed by atoms with Crippen LogP contribution >= 0.6 is 0 Å². The molecule has 0 saturated carbocycles. The molecule has 0 aromatic carbocycles. The van der Waals surface area contributed by atoms with Gasteiger partial charge in [-0.05, 0) is 0 Å². The van der Waals surface area contributed by atoms with Gasteiger partial charge in [-0.25, -0.2) is 0 Å². The fraction of sp³-hybridized carbons (Fsp3) is 1.00. The minimum absolute atomic E-state index is 3.13. The van der Waals surface area contributed by atoms with Crippen LogP contribution in [0.2, 0.25) is 0 Å². The maximum atomic E-state index is 13.2. The molecule has 0 spiro atoms. The molecule has 0 rings (SSSR count). The van der Waals surface area contributed by atoms with E-state index in [0.717, 1.165) is 0 Å². The summed E-state index contributed by atoms with van der Waals surface area (Å²) in [6.07, 6.45) is -7.96. The molecule has 0 heterocycles. The van der Waals surface area contributed by atoms with Gasteiger partial charge in [0.15, 0.2) is 0 Å². The van der Waals surface area contributed by atoms with E-state index in [9.17, 15) is 92.4 Å². The van der Waals surface area contributed by atoms with Crippen molar-refractivity contribution in [3.8, 4) is 0 Å². The Morgan fingerprint density at radius 3 is 0.781 bits per heavy atom. The summed E-state index contributed by atoms with van der Waals surface area (Å²) in [5, 5.41) is -3.13. The van der Waals surface area contributed by atoms with Crippen molar-refractivity contribution in [3.05, 3.63) is 0 Å². The normalized spacial score (nSPS) is 16.7. The summed E-state index contributed by atoms with van der Waals surface area (Å²) in [7, 11) is 0. The predicted octanol–water partition coefficient (Wildman–Crippen LogP) is 6.70. The zero-order chi connectivity index (χ0) is 26.8. The highest BCUT2D eigenvalue weighted by molar-refractivity contribution is 5.16. The Morgan fingerprint density at radius 1 is 0.344 bits per heavy atom. The van der Waals surface area contributed by atoms with Crippen LogP contribution in [-0.2, 0) is 0 Å². The van der Waals surface area contributed by atoms with Gasteiger partial charge < -0.3 is 0 Å². The number of nitrogens with zero attached hydrogens (tertiary/aromatic N) is 1. The summed E-state index contributed by atoms with van der Waals surface area (Å²) in [5.41, 5.74) is 0. The summed E-state index contributed by atoms with van der Waals surface area (Å²) < 4.78 is 266. The Labute approximate surface area is 159 Å². The van der Waals surface area contributed by atoms with Gasteiger partial charge in [-0.2, -0.15) is 83.4 Å². The average Bonchev–Trinajstić information content (AvgIpc) is 2.51. The molecule has 1 nitrogen and oxygen atoms in total. The maximum Gasteiger partial charge on any atom is 0.460 e. The highest BCUT2D eigenvalue weighted by atomic mass is 19.4. The summed E-state index contributed by atoms with van der Waals surface area (Å²) in [4.78, 5) is 0. The molecular formula is C10H2F21N. The van der Waals surface area contributed by atoms with Crippen LogP contribution in [-0.4, -0.2) is 65.4 Å². The van der Waals surface area contributed by atoms with Crippen molar-refractivity contribution < 1.29 is 92.4 Å². The van der Waals surface area contributed by atoms with Gasteiger partial charge in [-0.3, -0.25) is 0 Å². The van der Waals surface area contributed by atoms with Crippen molar-refractivity contribution in [1.29, 1.82) is 0 Å². The lowest BCUT2D eigenvalue weighted by molar-refractivity contribution is -0.469. The van der Waals surface area contributed by atoms with Gasteiger partial charge in [0.2, 0.25) is 0 Å². The smallest absolute Gasteiger partial charge is 0.198 e. The van der Waals surface area contributed by atoms with Crippen molar-refractivity contribution in [2.45, 2.75) is 53.6 Å². The summed E-state index contributed by atoms with van der Waals surface area (Å²) >= 11 is 0. The van der Waals surface area contributed by atoms with E-state index in [-0.39, 0.29) is 0 Å². The monoisotopic (exact) mass is 535 g/mol. The number of hydrogen-bond donors (Lipinski definition) is 0. The van der Waals surface area contributed by atoms with E-state index in [0.29, 0.717) is 0 Å². The van der Waals surface area contributed by atoms with E-state index in [4.69, 9.17) is 0 Å². The lowest BCUT2D eigenvalue weighted by Gasteiger charge is -2.43. The predicted molar refractivity (Wildman–Crippen MR) is 54.6 cm³/mol. The molecule has 0 aliphatic rings. The Hall–Kier alpha value is -1.51. The molecule has 0 aromatic heterocycles. The van der Waals surface area contributed by atoms with E-state index in [1.54, 1.807) is 0 Å². The third kappa shape index (κ3) is 3.78. The molecule has 0 radical (unpaired) electrons. The first-order chi connectivity index (χ1) is 13.4. The van der Waals surface area contributed by atoms with Gasteiger partial charge in [-0.1, -0.05) is 0 Å². The molecule has 194 valence electrons. The highest BCUT2D eigenvalue weighted by Gasteiger charge is 2.96. The molecule has 0 saturated heterocycles. The number of hydrogen-bond acceptors (Lipinski definition) is 1. The minimum atomic E-state index is -9.06. The first-order valence-corrected chi connectivity index (χ1v) is 6.60. The van der Waals surface area contributed by atoms with Gasteiger partial charge in [0.1, 0.15) is 6.54 Å². The SMILES string of the molecule is FN(F)CC(F)(F)C(F)(F)C(F)(F)C(F)(F)C(F)(F)C(F)(F)C(F)(F)C(F)(F)C(F)(F)F. The minimum Gasteiger partial charge on any atom is -0.198 e. The highest BCUT2D eigenvalue weighted by Crippen LogP contribution is 2.65. The Bertz CT molecular complexity index is 671. The third-order valence-electron chi connectivity index (χ3n) is 3.50. The van der Waals surface area contributed by atoms with Gasteiger partial charge in [0.05, 0.1) is 0 Å². The number of halogens is 21. The van der Waals surface area contributed by atoms with E-state index in [1.165, 1.54) is 0 Å². The quantitative estimate of drug-likeness (QED) is 0.235. The fourth-order valence-electron chi connectivity index (χ4n) is 1.64. The van der Waals surface area contributed by atoms with Crippen molar-refractivity contribution >= 4 is 0 Å². The third-order valence-corrected chi connectivity index (χ3v) is 3.50. The molecule has 22 heteroatoms. The first-order valence-electron chi connectivity index (χ1n) is 6.60. The summed E-state index contributed by atoms with van der Waals surface area (Å²) in [5.74, 6) is -68.4. The van der Waals surface area contributed by atoms with E-state index >= 15 is 0 Å². The second-order valence-corrected chi connectivity index (χ2v) is 5.68. The van der Waals surface area contributed by atoms with Crippen molar-refractivity contribution in [2.24, 2.45) is 0 Å². The fourth-order valence-corrected chi connectivity index (χ4v) is 1.64. The lowest BCUT2D eigenvalue weighted by Crippen LogP contribution is -2.76. The van der Waals surface area contributed by atoms with Crippen LogP contribution < -0.4 is 0 Å². The molecule has 0 N–H and O–H groups in total. The molecule has 0 atom stereocenters. The van der Waals surface area contributed by atoms with Crippen molar-refractivity contribution in [1.82, 2.24) is 5.34 Å². The van der Waals surface area contributed by atoms with E-state index < -0.39 is 65.4 Å². The maximum absolute atomic E-state index is 13.2. The lowest BCUT2D eigenvalue weighted by atomic mass is 9.87. The topological polar surface area (TPSA) is 3.24 Å². The molecular weight excluding hydrogens is 533 g/mol. The van der Waals surface area contributed by atoms with E-state index in [1.807, 2.05) is 0 Å². The Morgan fingerprint density at radius 2 is 0.562 bits per heavy atom. The molecule has 0 aliphatic heterocycles. The summed E-state index contributed by atoms with van der Waals surface area (Å²) in [6.45, 7) is -3.99. The second-order valence-electron chi connectivity index (χ2n) is 5.68. The van der Waals surface area contributed by atoms with Gasteiger partial charge in [-0.15, -0.1) is 8.96 Å². The molecule has 0 amide bonds. The van der Waals surface area contributed by atoms with Crippen LogP contribution in [0.4, 0.5) is 92.4 Å². The van der Waals surface area contributed by atoms with Gasteiger partial charge in [0, 0.05) is 5.34 Å². The average molecular weight is 535 g/mol. The van der Waals surface area contributed by atoms with Gasteiger partial charge >= 0.3 is 53.6 Å². The molecule has 0 aromatic rings. The second kappa shape index (κ2) is 7.50. The number of alkyl halides is 19. The van der Waals surface area contributed by atoms with Crippen LogP contribution in [0, 0.1) is 0 Å². The summed E-state index contributed by atoms with van der Waals surface area (Å²) in [6, 6.07) is 0. The molecule has 0 aliphatic carbocycles. The molecule has 0 bridgehead atoms. The van der Waals surface area contributed by atoms with E-state index in [2.05, 4.69) is 0 Å². The van der Waals surface area contributed by atoms with Gasteiger partial charge in [0.25, 0.3) is 0 Å². The largest absolute Gasteiger partial charge is 0.460 e. The van der Waals surface area contributed by atoms with Crippen LogP contribution in [0.15, 0.2) is 0 Å². The molecule has 0 unspecified atom stereocenters. The zero-order valence-corrected chi connectivity index (χ0v) is 13.6. The van der Waals surface area contributed by atoms with Crippen LogP contribution in [0.25, 0.3) is 0 Å². The van der Waals surface area contributed by atoms with Crippen LogP contribution in [0.3, 0.4) is 0 Å². The van der Waals surface area contributed by atoms with Crippen molar-refractivity contribution in [2.75, 3.05) is 6.54 Å². The first kappa shape index (κ1) is 30.5. The van der Waals surface area contributed by atoms with Crippen molar-refractivity contribution in [3.63, 3.8) is 0 Å². The standard InChI is InChI=1S/C10H2F21N/c11-2(12,1-32(30)31)3(13,14)4(15,16)5(17,18)6(19,20)7(21,22)8(23,24)9(25,26)10(27,28)29/h1H2. The molecule has 0 fully saturated rings. The molecule has 32 heavy (non-hydrogen) atoms. The van der Waals surface area contributed by atoms with Crippen LogP contribution in [0.1, 0.15) is 0 Å².